The van der Waals surface area contributed by atoms with Crippen LogP contribution in [0.1, 0.15) is 28.9 Å². The molecule has 7 nitrogen and oxygen atoms in total. The second-order valence-electron chi connectivity index (χ2n) is 5.11. The minimum Gasteiger partial charge on any atom is -0.478 e. The molecule has 3 heterocycles. The molecular formula is C14H19N5O2. The van der Waals surface area contributed by atoms with Crippen LogP contribution < -0.4 is 10.1 Å². The van der Waals surface area contributed by atoms with Gasteiger partial charge in [-0.2, -0.15) is 5.10 Å². The third-order valence-corrected chi connectivity index (χ3v) is 3.54. The first-order valence-electron chi connectivity index (χ1n) is 7.20. The maximum atomic E-state index is 12.2. The summed E-state index contributed by atoms with van der Waals surface area (Å²) in [5.74, 6) is 0.591. The third kappa shape index (κ3) is 2.91. The number of ether oxygens (including phenoxy) is 1. The Hall–Kier alpha value is -2.31. The second-order valence-corrected chi connectivity index (χ2v) is 5.11. The lowest BCUT2D eigenvalue weighted by Gasteiger charge is -2.14. The summed E-state index contributed by atoms with van der Waals surface area (Å²) in [6.45, 7) is 4.83. The Balaban J connectivity index is 1.54. The number of hydrogen-bond donors (Lipinski definition) is 1. The van der Waals surface area contributed by atoms with Gasteiger partial charge in [0.05, 0.1) is 12.9 Å². The lowest BCUT2D eigenvalue weighted by Crippen LogP contribution is -2.26. The lowest BCUT2D eigenvalue weighted by atomic mass is 10.2. The van der Waals surface area contributed by atoms with Crippen molar-refractivity contribution in [2.24, 2.45) is 0 Å². The maximum absolute atomic E-state index is 12.2. The van der Waals surface area contributed by atoms with Gasteiger partial charge in [-0.25, -0.2) is 9.67 Å². The molecule has 0 aliphatic carbocycles. The van der Waals surface area contributed by atoms with E-state index in [1.165, 1.54) is 0 Å². The Kier molecular flexibility index (Phi) is 3.89. The van der Waals surface area contributed by atoms with Crippen molar-refractivity contribution in [3.63, 3.8) is 0 Å². The minimum absolute atomic E-state index is 0.136. The highest BCUT2D eigenvalue weighted by Crippen LogP contribution is 2.24. The molecule has 1 amide bonds. The number of nitrogens with one attached hydrogen (secondary N) is 1. The summed E-state index contributed by atoms with van der Waals surface area (Å²) in [6.07, 6.45) is 7.21. The number of carbonyl (C=O) groups excluding carboxylic acids is 1. The number of imidazole rings is 1. The van der Waals surface area contributed by atoms with E-state index in [2.05, 4.69) is 15.4 Å². The van der Waals surface area contributed by atoms with Crippen molar-refractivity contribution >= 4 is 5.91 Å². The van der Waals surface area contributed by atoms with Crippen molar-refractivity contribution in [1.29, 1.82) is 0 Å². The number of aryl methyl sites for hydroxylation is 2. The van der Waals surface area contributed by atoms with Gasteiger partial charge in [0.25, 0.3) is 5.91 Å². The highest BCUT2D eigenvalue weighted by atomic mass is 16.5. The van der Waals surface area contributed by atoms with Gasteiger partial charge < -0.3 is 14.6 Å². The Bertz CT molecular complexity index is 618. The number of fused-ring (bicyclic) bond motifs is 1. The van der Waals surface area contributed by atoms with Gasteiger partial charge in [-0.3, -0.25) is 4.79 Å². The molecule has 7 heteroatoms. The number of hydrogen-bond acceptors (Lipinski definition) is 4. The monoisotopic (exact) mass is 289 g/mol. The van der Waals surface area contributed by atoms with Crippen LogP contribution in [0.25, 0.3) is 0 Å². The molecule has 21 heavy (non-hydrogen) atoms. The summed E-state index contributed by atoms with van der Waals surface area (Å²) in [6, 6.07) is 0. The van der Waals surface area contributed by atoms with Crippen LogP contribution in [0.4, 0.5) is 0 Å². The third-order valence-electron chi connectivity index (χ3n) is 3.54. The Morgan fingerprint density at radius 1 is 1.52 bits per heavy atom. The average Bonchev–Trinajstić information content (AvgIpc) is 3.12. The molecule has 0 aromatic carbocycles. The SMILES string of the molecule is Cc1c(C(=O)NCCCn2ccnc2)nn2c1OCCC2. The van der Waals surface area contributed by atoms with E-state index < -0.39 is 0 Å². The molecule has 0 spiro atoms. The molecule has 0 fully saturated rings. The van der Waals surface area contributed by atoms with E-state index in [0.717, 1.165) is 37.4 Å². The molecule has 1 aliphatic heterocycles. The van der Waals surface area contributed by atoms with E-state index >= 15 is 0 Å². The van der Waals surface area contributed by atoms with E-state index in [9.17, 15) is 4.79 Å². The quantitative estimate of drug-likeness (QED) is 0.833. The smallest absolute Gasteiger partial charge is 0.272 e. The zero-order valence-electron chi connectivity index (χ0n) is 12.1. The van der Waals surface area contributed by atoms with Crippen LogP contribution in [0, 0.1) is 6.92 Å². The summed E-state index contributed by atoms with van der Waals surface area (Å²) < 4.78 is 9.33. The van der Waals surface area contributed by atoms with Gasteiger partial charge in [0, 0.05) is 44.0 Å². The van der Waals surface area contributed by atoms with Crippen LogP contribution >= 0.6 is 0 Å². The number of rotatable bonds is 5. The zero-order valence-corrected chi connectivity index (χ0v) is 12.1. The Morgan fingerprint density at radius 3 is 3.19 bits per heavy atom. The van der Waals surface area contributed by atoms with E-state index in [0.29, 0.717) is 18.8 Å². The first kappa shape index (κ1) is 13.7. The average molecular weight is 289 g/mol. The molecule has 0 radical (unpaired) electrons. The van der Waals surface area contributed by atoms with Gasteiger partial charge in [0.15, 0.2) is 5.69 Å². The number of nitrogens with zero attached hydrogens (tertiary/aromatic N) is 4. The van der Waals surface area contributed by atoms with Crippen LogP contribution in [0.2, 0.25) is 0 Å². The van der Waals surface area contributed by atoms with Crippen molar-refractivity contribution in [3.8, 4) is 5.88 Å². The van der Waals surface area contributed by atoms with Crippen LogP contribution in [0.15, 0.2) is 18.7 Å². The molecule has 2 aromatic heterocycles. The highest BCUT2D eigenvalue weighted by molar-refractivity contribution is 5.94. The maximum Gasteiger partial charge on any atom is 0.272 e. The van der Waals surface area contributed by atoms with E-state index in [1.54, 1.807) is 17.2 Å². The van der Waals surface area contributed by atoms with Crippen molar-refractivity contribution in [2.75, 3.05) is 13.2 Å². The molecule has 0 atom stereocenters. The Morgan fingerprint density at radius 2 is 2.43 bits per heavy atom. The van der Waals surface area contributed by atoms with Gasteiger partial charge in [-0.1, -0.05) is 0 Å². The summed E-state index contributed by atoms with van der Waals surface area (Å²) in [7, 11) is 0. The normalized spacial score (nSPS) is 13.6. The highest BCUT2D eigenvalue weighted by Gasteiger charge is 2.22. The van der Waals surface area contributed by atoms with Gasteiger partial charge >= 0.3 is 0 Å². The van der Waals surface area contributed by atoms with E-state index in [4.69, 9.17) is 4.74 Å². The molecule has 112 valence electrons. The van der Waals surface area contributed by atoms with E-state index in [-0.39, 0.29) is 5.91 Å². The number of carbonyl (C=O) groups is 1. The predicted molar refractivity (Wildman–Crippen MR) is 76.3 cm³/mol. The van der Waals surface area contributed by atoms with Crippen molar-refractivity contribution in [1.82, 2.24) is 24.6 Å². The molecule has 1 aliphatic rings. The molecule has 0 unspecified atom stereocenters. The number of aromatic nitrogens is 4. The molecule has 0 bridgehead atoms. The number of amides is 1. The van der Waals surface area contributed by atoms with Crippen LogP contribution in [0.5, 0.6) is 5.88 Å². The largest absolute Gasteiger partial charge is 0.478 e. The van der Waals surface area contributed by atoms with Crippen LogP contribution in [-0.4, -0.2) is 38.4 Å². The fraction of sp³-hybridized carbons (Fsp3) is 0.500. The molecule has 2 aromatic rings. The fourth-order valence-electron chi connectivity index (χ4n) is 2.44. The summed E-state index contributed by atoms with van der Waals surface area (Å²) in [4.78, 5) is 16.2. The first-order chi connectivity index (χ1) is 10.3. The molecule has 0 saturated carbocycles. The molecule has 3 rings (SSSR count). The van der Waals surface area contributed by atoms with Crippen molar-refractivity contribution < 1.29 is 9.53 Å². The second kappa shape index (κ2) is 5.99. The Labute approximate surface area is 122 Å². The van der Waals surface area contributed by atoms with Gasteiger partial charge in [-0.15, -0.1) is 0 Å². The minimum atomic E-state index is -0.136. The topological polar surface area (TPSA) is 74.0 Å². The lowest BCUT2D eigenvalue weighted by molar-refractivity contribution is 0.0946. The predicted octanol–water partition coefficient (Wildman–Crippen LogP) is 0.991. The van der Waals surface area contributed by atoms with E-state index in [1.807, 2.05) is 17.7 Å². The van der Waals surface area contributed by atoms with Crippen LogP contribution in [0.3, 0.4) is 0 Å². The van der Waals surface area contributed by atoms with Crippen molar-refractivity contribution in [2.45, 2.75) is 32.9 Å². The molecule has 1 N–H and O–H groups in total. The summed E-state index contributed by atoms with van der Waals surface area (Å²) in [5, 5.41) is 7.25. The van der Waals surface area contributed by atoms with Gasteiger partial charge in [0.2, 0.25) is 5.88 Å². The van der Waals surface area contributed by atoms with Gasteiger partial charge in [-0.05, 0) is 13.3 Å². The van der Waals surface area contributed by atoms with Crippen LogP contribution in [-0.2, 0) is 13.1 Å². The van der Waals surface area contributed by atoms with Crippen molar-refractivity contribution in [3.05, 3.63) is 30.0 Å². The molecular weight excluding hydrogens is 270 g/mol. The fourth-order valence-corrected chi connectivity index (χ4v) is 2.44. The molecule has 0 saturated heterocycles. The van der Waals surface area contributed by atoms with Gasteiger partial charge in [0.1, 0.15) is 0 Å². The standard InChI is InChI=1S/C14H19N5O2/c1-11-12(17-19-7-3-9-21-14(11)19)13(20)16-4-2-6-18-8-5-15-10-18/h5,8,10H,2-4,6-7,9H2,1H3,(H,16,20). The summed E-state index contributed by atoms with van der Waals surface area (Å²) in [5.41, 5.74) is 1.29. The zero-order chi connectivity index (χ0) is 14.7. The first-order valence-corrected chi connectivity index (χ1v) is 7.20. The summed E-state index contributed by atoms with van der Waals surface area (Å²) >= 11 is 0.